The fourth-order valence-corrected chi connectivity index (χ4v) is 3.80. The molecule has 196 valence electrons. The van der Waals surface area contributed by atoms with Crippen molar-refractivity contribution in [2.45, 2.75) is 45.1 Å². The van der Waals surface area contributed by atoms with Crippen LogP contribution < -0.4 is 15.0 Å². The predicted molar refractivity (Wildman–Crippen MR) is 131 cm³/mol. The maximum atomic E-state index is 13.6. The van der Waals surface area contributed by atoms with E-state index in [9.17, 15) is 26.7 Å². The molecular weight excluding hydrogens is 493 g/mol. The Morgan fingerprint density at radius 2 is 1.78 bits per heavy atom. The fourth-order valence-electron chi connectivity index (χ4n) is 3.80. The van der Waals surface area contributed by atoms with Crippen LogP contribution in [-0.4, -0.2) is 23.5 Å². The number of ether oxygens (including phenoxy) is 1. The van der Waals surface area contributed by atoms with Gasteiger partial charge >= 0.3 is 12.8 Å². The van der Waals surface area contributed by atoms with Crippen LogP contribution in [0.1, 0.15) is 32.2 Å². The monoisotopic (exact) mass is 519 g/mol. The van der Waals surface area contributed by atoms with Crippen LogP contribution in [0.2, 0.25) is 0 Å². The van der Waals surface area contributed by atoms with Crippen molar-refractivity contribution in [3.63, 3.8) is 0 Å². The lowest BCUT2D eigenvalue weighted by Crippen LogP contribution is -2.42. The molecule has 0 fully saturated rings. The van der Waals surface area contributed by atoms with E-state index in [1.807, 2.05) is 6.92 Å². The number of rotatable bonds is 9. The van der Waals surface area contributed by atoms with Crippen molar-refractivity contribution >= 4 is 11.6 Å². The number of amides is 1. The van der Waals surface area contributed by atoms with E-state index < -0.39 is 36.0 Å². The molecule has 1 aromatic heterocycles. The Labute approximate surface area is 211 Å². The number of nitrogens with zero attached hydrogens (tertiary/aromatic N) is 2. The van der Waals surface area contributed by atoms with Gasteiger partial charge in [0.25, 0.3) is 5.91 Å². The highest BCUT2D eigenvalue weighted by atomic mass is 19.4. The average molecular weight is 520 g/mol. The van der Waals surface area contributed by atoms with Crippen molar-refractivity contribution in [2.24, 2.45) is 0 Å². The molecule has 1 amide bonds. The number of hydrogen-bond donors (Lipinski definition) is 1. The van der Waals surface area contributed by atoms with Gasteiger partial charge in [-0.25, -0.2) is 4.98 Å². The SMILES string of the molecule is C=C/C(=C\C=C/C)C1C=C(NC(C)(C)c2cccc(C(F)(F)F)n2)C(=O)N1c1ccc(OC(F)F)cc1. The van der Waals surface area contributed by atoms with Crippen LogP contribution in [0.5, 0.6) is 5.75 Å². The Morgan fingerprint density at radius 1 is 1.14 bits per heavy atom. The number of pyridine rings is 1. The minimum atomic E-state index is -4.62. The highest BCUT2D eigenvalue weighted by molar-refractivity contribution is 6.09. The lowest BCUT2D eigenvalue weighted by molar-refractivity contribution is -0.141. The Kier molecular flexibility index (Phi) is 8.20. The van der Waals surface area contributed by atoms with E-state index in [-0.39, 0.29) is 17.1 Å². The van der Waals surface area contributed by atoms with Gasteiger partial charge in [0.15, 0.2) is 0 Å². The molecule has 0 spiro atoms. The summed E-state index contributed by atoms with van der Waals surface area (Å²) in [6, 6.07) is 8.52. The molecule has 0 saturated carbocycles. The first kappa shape index (κ1) is 27.6. The van der Waals surface area contributed by atoms with E-state index in [0.717, 1.165) is 6.07 Å². The molecular formula is C27H26F5N3O2. The van der Waals surface area contributed by atoms with Gasteiger partial charge in [0, 0.05) is 5.69 Å². The molecule has 0 aliphatic carbocycles. The van der Waals surface area contributed by atoms with Crippen LogP contribution in [-0.2, 0) is 16.5 Å². The van der Waals surface area contributed by atoms with Crippen molar-refractivity contribution in [1.82, 2.24) is 10.3 Å². The molecule has 1 unspecified atom stereocenters. The van der Waals surface area contributed by atoms with Gasteiger partial charge in [-0.2, -0.15) is 22.0 Å². The van der Waals surface area contributed by atoms with Gasteiger partial charge in [0.05, 0.1) is 23.0 Å². The molecule has 2 aromatic rings. The van der Waals surface area contributed by atoms with Crippen molar-refractivity contribution in [3.05, 3.63) is 102 Å². The smallest absolute Gasteiger partial charge is 0.433 e. The number of aromatic nitrogens is 1. The molecule has 3 rings (SSSR count). The van der Waals surface area contributed by atoms with Gasteiger partial charge in [-0.3, -0.25) is 9.69 Å². The molecule has 5 nitrogen and oxygen atoms in total. The number of halogens is 5. The van der Waals surface area contributed by atoms with Gasteiger partial charge < -0.3 is 10.1 Å². The number of carbonyl (C=O) groups is 1. The molecule has 1 atom stereocenters. The number of anilines is 1. The zero-order valence-electron chi connectivity index (χ0n) is 20.4. The summed E-state index contributed by atoms with van der Waals surface area (Å²) < 4.78 is 69.2. The summed E-state index contributed by atoms with van der Waals surface area (Å²) in [7, 11) is 0. The van der Waals surface area contributed by atoms with Crippen LogP contribution in [0.4, 0.5) is 27.6 Å². The van der Waals surface area contributed by atoms with E-state index in [1.54, 1.807) is 44.2 Å². The van der Waals surface area contributed by atoms with Crippen molar-refractivity contribution in [1.29, 1.82) is 0 Å². The lowest BCUT2D eigenvalue weighted by atomic mass is 9.98. The summed E-state index contributed by atoms with van der Waals surface area (Å²) in [5, 5.41) is 3.04. The molecule has 1 N–H and O–H groups in total. The highest BCUT2D eigenvalue weighted by Crippen LogP contribution is 2.34. The van der Waals surface area contributed by atoms with E-state index in [0.29, 0.717) is 11.3 Å². The van der Waals surface area contributed by atoms with Crippen molar-refractivity contribution in [3.8, 4) is 5.75 Å². The first-order chi connectivity index (χ1) is 17.4. The Morgan fingerprint density at radius 3 is 2.35 bits per heavy atom. The summed E-state index contributed by atoms with van der Waals surface area (Å²) in [5.74, 6) is -0.542. The van der Waals surface area contributed by atoms with Crippen molar-refractivity contribution in [2.75, 3.05) is 4.90 Å². The first-order valence-electron chi connectivity index (χ1n) is 11.3. The third kappa shape index (κ3) is 6.44. The second-order valence-corrected chi connectivity index (χ2v) is 8.63. The number of hydrogen-bond acceptors (Lipinski definition) is 4. The molecule has 2 heterocycles. The topological polar surface area (TPSA) is 54.5 Å². The Hall–Kier alpha value is -3.95. The third-order valence-electron chi connectivity index (χ3n) is 5.58. The van der Waals surface area contributed by atoms with Crippen LogP contribution >= 0.6 is 0 Å². The van der Waals surface area contributed by atoms with Gasteiger partial charge in [0.1, 0.15) is 11.4 Å². The molecule has 1 aliphatic rings. The van der Waals surface area contributed by atoms with Gasteiger partial charge in [0.2, 0.25) is 0 Å². The van der Waals surface area contributed by atoms with E-state index >= 15 is 0 Å². The fraction of sp³-hybridized carbons (Fsp3) is 0.259. The van der Waals surface area contributed by atoms with Gasteiger partial charge in [-0.1, -0.05) is 36.9 Å². The summed E-state index contributed by atoms with van der Waals surface area (Å²) in [6.45, 7) is 5.88. The minimum Gasteiger partial charge on any atom is -0.435 e. The van der Waals surface area contributed by atoms with Gasteiger partial charge in [-0.15, -0.1) is 0 Å². The zero-order chi connectivity index (χ0) is 27.4. The maximum absolute atomic E-state index is 13.6. The number of alkyl halides is 5. The average Bonchev–Trinajstić information content (AvgIpc) is 3.14. The largest absolute Gasteiger partial charge is 0.435 e. The molecule has 0 saturated heterocycles. The molecule has 10 heteroatoms. The summed E-state index contributed by atoms with van der Waals surface area (Å²) in [4.78, 5) is 18.8. The molecule has 0 radical (unpaired) electrons. The second-order valence-electron chi connectivity index (χ2n) is 8.63. The van der Waals surface area contributed by atoms with E-state index in [2.05, 4.69) is 21.6 Å². The minimum absolute atomic E-state index is 0.0709. The number of benzene rings is 1. The standard InChI is InChI=1S/C27H26F5N3O2/c1-5-7-9-17(6-2)21-16-20(24(36)35(21)18-12-14-19(15-13-18)37-25(28)29)34-26(3,4)22-10-8-11-23(33-22)27(30,31)32/h5-16,21,25,34H,2H2,1,3-4H3/b7-5-,17-9+. The molecule has 37 heavy (non-hydrogen) atoms. The van der Waals surface area contributed by atoms with Crippen LogP contribution in [0.3, 0.4) is 0 Å². The number of allylic oxidation sites excluding steroid dienone is 3. The Balaban J connectivity index is 2.00. The van der Waals surface area contributed by atoms with Crippen LogP contribution in [0, 0.1) is 0 Å². The molecule has 1 aliphatic heterocycles. The summed E-state index contributed by atoms with van der Waals surface area (Å²) in [5.41, 5.74) is -0.914. The second kappa shape index (κ2) is 11.0. The molecule has 0 bridgehead atoms. The predicted octanol–water partition coefficient (Wildman–Crippen LogP) is 6.51. The van der Waals surface area contributed by atoms with Gasteiger partial charge in [-0.05, 0) is 68.8 Å². The molecule has 1 aromatic carbocycles. The zero-order valence-corrected chi connectivity index (χ0v) is 20.4. The van der Waals surface area contributed by atoms with E-state index in [4.69, 9.17) is 0 Å². The number of nitrogens with one attached hydrogen (secondary N) is 1. The first-order valence-corrected chi connectivity index (χ1v) is 11.3. The lowest BCUT2D eigenvalue weighted by Gasteiger charge is -2.29. The highest BCUT2D eigenvalue weighted by Gasteiger charge is 2.39. The maximum Gasteiger partial charge on any atom is 0.433 e. The van der Waals surface area contributed by atoms with E-state index in [1.165, 1.54) is 41.3 Å². The summed E-state index contributed by atoms with van der Waals surface area (Å²) in [6.07, 6.45) is 3.94. The number of carbonyl (C=O) groups excluding carboxylic acids is 1. The quantitative estimate of drug-likeness (QED) is 0.303. The summed E-state index contributed by atoms with van der Waals surface area (Å²) >= 11 is 0. The Bertz CT molecular complexity index is 1230. The van der Waals surface area contributed by atoms with Crippen LogP contribution in [0.15, 0.2) is 90.7 Å². The van der Waals surface area contributed by atoms with Crippen LogP contribution in [0.25, 0.3) is 0 Å². The van der Waals surface area contributed by atoms with Crippen molar-refractivity contribution < 1.29 is 31.5 Å². The third-order valence-corrected chi connectivity index (χ3v) is 5.58. The normalized spacial score (nSPS) is 16.9.